The smallest absolute Gasteiger partial charge is 0.191 e. The first-order valence-electron chi connectivity index (χ1n) is 9.17. The predicted molar refractivity (Wildman–Crippen MR) is 120 cm³/mol. The highest BCUT2D eigenvalue weighted by molar-refractivity contribution is 14.0. The van der Waals surface area contributed by atoms with E-state index in [0.29, 0.717) is 17.0 Å². The molecule has 3 heterocycles. The molecule has 0 radical (unpaired) electrons. The number of aromatic nitrogens is 1. The number of nitrogens with one attached hydrogen (secondary N) is 2. The summed E-state index contributed by atoms with van der Waals surface area (Å²) < 4.78 is 0. The molecule has 1 aromatic rings. The number of guanidine groups is 1. The van der Waals surface area contributed by atoms with E-state index in [0.717, 1.165) is 37.8 Å². The van der Waals surface area contributed by atoms with Crippen molar-refractivity contribution in [3.63, 3.8) is 0 Å². The Morgan fingerprint density at radius 2 is 2.19 bits per heavy atom. The summed E-state index contributed by atoms with van der Waals surface area (Å²) in [5.74, 6) is 2.47. The second-order valence-electron chi connectivity index (χ2n) is 7.11. The van der Waals surface area contributed by atoms with E-state index in [1.807, 2.05) is 19.2 Å². The quantitative estimate of drug-likeness (QED) is 0.384. The summed E-state index contributed by atoms with van der Waals surface area (Å²) in [5, 5.41) is 7.77. The molecule has 2 atom stereocenters. The van der Waals surface area contributed by atoms with E-state index < -0.39 is 0 Å². The molecule has 0 spiro atoms. The van der Waals surface area contributed by atoms with Crippen LogP contribution < -0.4 is 15.5 Å². The van der Waals surface area contributed by atoms with Crippen molar-refractivity contribution in [1.29, 1.82) is 0 Å². The number of hydrogen-bond donors (Lipinski definition) is 2. The van der Waals surface area contributed by atoms with Crippen LogP contribution in [0, 0.1) is 5.92 Å². The second kappa shape index (κ2) is 10.5. The average molecular weight is 493 g/mol. The summed E-state index contributed by atoms with van der Waals surface area (Å²) >= 11 is 6.27. The lowest BCUT2D eigenvalue weighted by Crippen LogP contribution is -2.47. The van der Waals surface area contributed by atoms with E-state index in [2.05, 4.69) is 37.5 Å². The highest BCUT2D eigenvalue weighted by Crippen LogP contribution is 2.25. The van der Waals surface area contributed by atoms with Crippen LogP contribution in [0.4, 0.5) is 5.82 Å². The van der Waals surface area contributed by atoms with Gasteiger partial charge in [0.25, 0.3) is 0 Å². The molecule has 2 aliphatic heterocycles. The highest BCUT2D eigenvalue weighted by atomic mass is 127. The zero-order valence-electron chi connectivity index (χ0n) is 15.6. The summed E-state index contributed by atoms with van der Waals surface area (Å²) in [6, 6.07) is 4.12. The summed E-state index contributed by atoms with van der Waals surface area (Å²) in [4.78, 5) is 13.5. The first-order chi connectivity index (χ1) is 12.2. The number of likely N-dealkylation sites (tertiary alicyclic amines) is 1. The van der Waals surface area contributed by atoms with Gasteiger partial charge in [-0.1, -0.05) is 11.6 Å². The van der Waals surface area contributed by atoms with Gasteiger partial charge in [-0.05, 0) is 50.9 Å². The Balaban J connectivity index is 0.00000243. The molecule has 0 aliphatic carbocycles. The van der Waals surface area contributed by atoms with E-state index in [9.17, 15) is 0 Å². The van der Waals surface area contributed by atoms with Crippen LogP contribution in [0.2, 0.25) is 5.02 Å². The number of rotatable bonds is 4. The monoisotopic (exact) mass is 492 g/mol. The third kappa shape index (κ3) is 5.85. The lowest BCUT2D eigenvalue weighted by atomic mass is 9.99. The lowest BCUT2D eigenvalue weighted by Gasteiger charge is -2.30. The third-order valence-corrected chi connectivity index (χ3v) is 5.37. The number of aliphatic imine (C=N–C) groups is 1. The summed E-state index contributed by atoms with van der Waals surface area (Å²) in [7, 11) is 4.04. The molecule has 0 amide bonds. The van der Waals surface area contributed by atoms with Crippen molar-refractivity contribution in [2.75, 3.05) is 51.7 Å². The van der Waals surface area contributed by atoms with Gasteiger partial charge in [0.05, 0.1) is 5.02 Å². The zero-order chi connectivity index (χ0) is 17.6. The fraction of sp³-hybridized carbons (Fsp3) is 0.667. The van der Waals surface area contributed by atoms with Gasteiger partial charge in [-0.2, -0.15) is 0 Å². The van der Waals surface area contributed by atoms with Crippen molar-refractivity contribution in [1.82, 2.24) is 20.5 Å². The molecular formula is C18H30ClIN6. The van der Waals surface area contributed by atoms with Crippen molar-refractivity contribution in [3.8, 4) is 0 Å². The Kier molecular flexibility index (Phi) is 8.69. The largest absolute Gasteiger partial charge is 0.356 e. The minimum absolute atomic E-state index is 0. The number of nitrogens with zero attached hydrogens (tertiary/aromatic N) is 4. The first-order valence-corrected chi connectivity index (χ1v) is 9.54. The van der Waals surface area contributed by atoms with Crippen LogP contribution in [0.3, 0.4) is 0 Å². The first kappa shape index (κ1) is 21.5. The number of halogens is 2. The van der Waals surface area contributed by atoms with Gasteiger partial charge < -0.3 is 20.4 Å². The molecule has 2 N–H and O–H groups in total. The Bertz CT molecular complexity index is 599. The molecule has 0 aromatic carbocycles. The van der Waals surface area contributed by atoms with Crippen LogP contribution in [0.15, 0.2) is 23.3 Å². The van der Waals surface area contributed by atoms with Gasteiger partial charge in [0.15, 0.2) is 5.96 Å². The van der Waals surface area contributed by atoms with Crippen LogP contribution in [-0.4, -0.2) is 68.7 Å². The third-order valence-electron chi connectivity index (χ3n) is 5.07. The van der Waals surface area contributed by atoms with Crippen LogP contribution in [0.1, 0.15) is 19.3 Å². The van der Waals surface area contributed by atoms with Crippen molar-refractivity contribution in [2.45, 2.75) is 25.3 Å². The average Bonchev–Trinajstić information content (AvgIpc) is 3.07. The van der Waals surface area contributed by atoms with Crippen molar-refractivity contribution in [2.24, 2.45) is 10.9 Å². The molecular weight excluding hydrogens is 463 g/mol. The van der Waals surface area contributed by atoms with Crippen LogP contribution in [-0.2, 0) is 0 Å². The van der Waals surface area contributed by atoms with Gasteiger partial charge in [-0.15, -0.1) is 24.0 Å². The molecule has 1 aromatic heterocycles. The number of pyridine rings is 1. The Morgan fingerprint density at radius 3 is 2.92 bits per heavy atom. The maximum atomic E-state index is 6.27. The minimum Gasteiger partial charge on any atom is -0.356 e. The second-order valence-corrected chi connectivity index (χ2v) is 7.52. The van der Waals surface area contributed by atoms with Gasteiger partial charge in [-0.3, -0.25) is 4.99 Å². The van der Waals surface area contributed by atoms with E-state index in [1.54, 1.807) is 6.20 Å². The van der Waals surface area contributed by atoms with Gasteiger partial charge in [0.2, 0.25) is 0 Å². The minimum atomic E-state index is 0. The van der Waals surface area contributed by atoms with Crippen LogP contribution >= 0.6 is 35.6 Å². The standard InChI is InChI=1S/C18H29ClN6.HI/c1-20-18(22-11-14-5-4-9-24(2)12-14)23-15-7-10-25(13-15)17-16(19)6-3-8-21-17;/h3,6,8,14-15H,4-5,7,9-13H2,1-2H3,(H2,20,22,23);1H. The van der Waals surface area contributed by atoms with Crippen LogP contribution in [0.25, 0.3) is 0 Å². The molecule has 0 bridgehead atoms. The zero-order valence-corrected chi connectivity index (χ0v) is 18.7. The molecule has 8 heteroatoms. The molecule has 0 saturated carbocycles. The molecule has 2 fully saturated rings. The van der Waals surface area contributed by atoms with E-state index >= 15 is 0 Å². The molecule has 146 valence electrons. The number of anilines is 1. The molecule has 2 unspecified atom stereocenters. The van der Waals surface area contributed by atoms with E-state index in [4.69, 9.17) is 11.6 Å². The molecule has 2 saturated heterocycles. The molecule has 2 aliphatic rings. The normalized spacial score (nSPS) is 24.3. The van der Waals surface area contributed by atoms with E-state index in [-0.39, 0.29) is 24.0 Å². The lowest BCUT2D eigenvalue weighted by molar-refractivity contribution is 0.210. The highest BCUT2D eigenvalue weighted by Gasteiger charge is 2.25. The summed E-state index contributed by atoms with van der Waals surface area (Å²) in [5.41, 5.74) is 0. The van der Waals surface area contributed by atoms with Crippen LogP contribution in [0.5, 0.6) is 0 Å². The van der Waals surface area contributed by atoms with Gasteiger partial charge in [0.1, 0.15) is 5.82 Å². The Labute approximate surface area is 178 Å². The fourth-order valence-electron chi connectivity index (χ4n) is 3.75. The number of piperidine rings is 1. The Hall–Kier alpha value is -0.800. The Morgan fingerprint density at radius 1 is 1.35 bits per heavy atom. The maximum absolute atomic E-state index is 6.27. The van der Waals surface area contributed by atoms with Gasteiger partial charge in [-0.25, -0.2) is 4.98 Å². The molecule has 26 heavy (non-hydrogen) atoms. The maximum Gasteiger partial charge on any atom is 0.191 e. The van der Waals surface area contributed by atoms with Crippen molar-refractivity contribution in [3.05, 3.63) is 23.4 Å². The fourth-order valence-corrected chi connectivity index (χ4v) is 3.99. The SMILES string of the molecule is CN=C(NCC1CCCN(C)C1)NC1CCN(c2ncccc2Cl)C1.I. The van der Waals surface area contributed by atoms with E-state index in [1.165, 1.54) is 25.9 Å². The number of hydrogen-bond acceptors (Lipinski definition) is 4. The van der Waals surface area contributed by atoms with Crippen molar-refractivity contribution >= 4 is 47.4 Å². The molecule has 6 nitrogen and oxygen atoms in total. The summed E-state index contributed by atoms with van der Waals surface area (Å²) in [6.45, 7) is 5.21. The molecule has 3 rings (SSSR count). The van der Waals surface area contributed by atoms with Gasteiger partial charge in [0, 0.05) is 45.5 Å². The van der Waals surface area contributed by atoms with Crippen molar-refractivity contribution < 1.29 is 0 Å². The van der Waals surface area contributed by atoms with Gasteiger partial charge >= 0.3 is 0 Å². The summed E-state index contributed by atoms with van der Waals surface area (Å²) in [6.07, 6.45) is 5.43. The topological polar surface area (TPSA) is 55.8 Å². The predicted octanol–water partition coefficient (Wildman–Crippen LogP) is 2.44.